The number of amides is 1. The first-order valence-electron chi connectivity index (χ1n) is 8.80. The van der Waals surface area contributed by atoms with Crippen LogP contribution >= 0.6 is 27.5 Å². The van der Waals surface area contributed by atoms with E-state index in [0.717, 1.165) is 11.6 Å². The Morgan fingerprint density at radius 1 is 1.20 bits per heavy atom. The SMILES string of the molecule is COc1cc(C=NNC(=O)c2cccc(F)c2)cc(Br)c1OCc1ccccc1Cl. The Bertz CT molecular complexity index is 1090. The number of rotatable bonds is 7. The van der Waals surface area contributed by atoms with Crippen LogP contribution in [0, 0.1) is 5.82 Å². The summed E-state index contributed by atoms with van der Waals surface area (Å²) in [5.74, 6) is -0.0168. The van der Waals surface area contributed by atoms with Crippen molar-refractivity contribution in [1.29, 1.82) is 0 Å². The van der Waals surface area contributed by atoms with Crippen LogP contribution in [0.2, 0.25) is 5.02 Å². The minimum Gasteiger partial charge on any atom is -0.493 e. The number of carbonyl (C=O) groups excluding carboxylic acids is 1. The second-order valence-corrected chi connectivity index (χ2v) is 7.39. The van der Waals surface area contributed by atoms with Gasteiger partial charge < -0.3 is 9.47 Å². The van der Waals surface area contributed by atoms with Gasteiger partial charge in [-0.3, -0.25) is 4.79 Å². The summed E-state index contributed by atoms with van der Waals surface area (Å²) in [6.45, 7) is 0.270. The third-order valence-corrected chi connectivity index (χ3v) is 5.01. The molecule has 0 aliphatic heterocycles. The van der Waals surface area contributed by atoms with Crippen molar-refractivity contribution in [1.82, 2.24) is 5.43 Å². The predicted molar refractivity (Wildman–Crippen MR) is 118 cm³/mol. The molecular formula is C22H17BrClFN2O3. The lowest BCUT2D eigenvalue weighted by atomic mass is 10.2. The molecule has 3 aromatic rings. The lowest BCUT2D eigenvalue weighted by Gasteiger charge is -2.14. The van der Waals surface area contributed by atoms with Gasteiger partial charge in [-0.15, -0.1) is 0 Å². The number of nitrogens with one attached hydrogen (secondary N) is 1. The van der Waals surface area contributed by atoms with Crippen LogP contribution in [0.25, 0.3) is 0 Å². The summed E-state index contributed by atoms with van der Waals surface area (Å²) in [4.78, 5) is 12.0. The molecule has 0 spiro atoms. The first kappa shape index (κ1) is 21.8. The van der Waals surface area contributed by atoms with Gasteiger partial charge in [0.15, 0.2) is 11.5 Å². The number of methoxy groups -OCH3 is 1. The number of halogens is 3. The normalized spacial score (nSPS) is 10.8. The van der Waals surface area contributed by atoms with Gasteiger partial charge in [0.2, 0.25) is 0 Å². The predicted octanol–water partition coefficient (Wildman–Crippen LogP) is 5.59. The molecule has 1 N–H and O–H groups in total. The molecule has 1 amide bonds. The highest BCUT2D eigenvalue weighted by Gasteiger charge is 2.12. The maximum absolute atomic E-state index is 13.2. The fourth-order valence-corrected chi connectivity index (χ4v) is 3.34. The van der Waals surface area contributed by atoms with Gasteiger partial charge in [0.25, 0.3) is 5.91 Å². The van der Waals surface area contributed by atoms with Crippen LogP contribution in [0.15, 0.2) is 70.2 Å². The molecule has 0 aliphatic rings. The smallest absolute Gasteiger partial charge is 0.271 e. The number of hydrogen-bond acceptors (Lipinski definition) is 4. The maximum Gasteiger partial charge on any atom is 0.271 e. The number of nitrogens with zero attached hydrogens (tertiary/aromatic N) is 1. The van der Waals surface area contributed by atoms with Gasteiger partial charge in [-0.1, -0.05) is 35.9 Å². The Labute approximate surface area is 186 Å². The lowest BCUT2D eigenvalue weighted by molar-refractivity contribution is 0.0954. The standard InChI is InChI=1S/C22H17BrClFN2O3/c1-29-20-10-14(12-26-27-22(28)15-6-4-7-17(25)11-15)9-18(23)21(20)30-13-16-5-2-3-8-19(16)24/h2-12H,13H2,1H3,(H,27,28). The molecule has 0 saturated carbocycles. The summed E-state index contributed by atoms with van der Waals surface area (Å²) < 4.78 is 25.2. The summed E-state index contributed by atoms with van der Waals surface area (Å²) in [6.07, 6.45) is 1.45. The van der Waals surface area contributed by atoms with Crippen molar-refractivity contribution in [2.75, 3.05) is 7.11 Å². The Morgan fingerprint density at radius 2 is 2.00 bits per heavy atom. The van der Waals surface area contributed by atoms with E-state index in [1.54, 1.807) is 18.2 Å². The molecule has 8 heteroatoms. The van der Waals surface area contributed by atoms with Gasteiger partial charge in [-0.25, -0.2) is 9.82 Å². The number of carbonyl (C=O) groups is 1. The highest BCUT2D eigenvalue weighted by atomic mass is 79.9. The first-order chi connectivity index (χ1) is 14.5. The van der Waals surface area contributed by atoms with Crippen molar-refractivity contribution in [3.05, 3.63) is 92.7 Å². The zero-order valence-electron chi connectivity index (χ0n) is 15.9. The molecule has 0 aromatic heterocycles. The van der Waals surface area contributed by atoms with Crippen molar-refractivity contribution in [3.8, 4) is 11.5 Å². The Hall–Kier alpha value is -2.90. The van der Waals surface area contributed by atoms with Gasteiger partial charge in [0.05, 0.1) is 17.8 Å². The van der Waals surface area contributed by atoms with E-state index in [1.807, 2.05) is 18.2 Å². The molecule has 30 heavy (non-hydrogen) atoms. The van der Waals surface area contributed by atoms with Crippen LogP contribution in [0.4, 0.5) is 4.39 Å². The molecule has 3 rings (SSSR count). The first-order valence-corrected chi connectivity index (χ1v) is 9.97. The fourth-order valence-electron chi connectivity index (χ4n) is 2.58. The quantitative estimate of drug-likeness (QED) is 0.346. The van der Waals surface area contributed by atoms with E-state index in [-0.39, 0.29) is 12.2 Å². The van der Waals surface area contributed by atoms with Crippen LogP contribution in [-0.4, -0.2) is 19.2 Å². The van der Waals surface area contributed by atoms with Crippen molar-refractivity contribution in [3.63, 3.8) is 0 Å². The zero-order chi connectivity index (χ0) is 21.5. The van der Waals surface area contributed by atoms with Crippen LogP contribution in [0.1, 0.15) is 21.5 Å². The monoisotopic (exact) mass is 490 g/mol. The number of ether oxygens (including phenoxy) is 2. The van der Waals surface area contributed by atoms with Gasteiger partial charge in [-0.05, 0) is 57.9 Å². The molecule has 0 heterocycles. The third-order valence-electron chi connectivity index (χ3n) is 4.05. The molecule has 0 aliphatic carbocycles. The van der Waals surface area contributed by atoms with E-state index in [4.69, 9.17) is 21.1 Å². The van der Waals surface area contributed by atoms with Gasteiger partial charge in [0.1, 0.15) is 12.4 Å². The lowest BCUT2D eigenvalue weighted by Crippen LogP contribution is -2.17. The summed E-state index contributed by atoms with van der Waals surface area (Å²) in [6, 6.07) is 16.2. The van der Waals surface area contributed by atoms with E-state index >= 15 is 0 Å². The maximum atomic E-state index is 13.2. The van der Waals surface area contributed by atoms with Gasteiger partial charge in [-0.2, -0.15) is 5.10 Å². The van der Waals surface area contributed by atoms with E-state index in [0.29, 0.717) is 26.6 Å². The van der Waals surface area contributed by atoms with Gasteiger partial charge in [0, 0.05) is 16.1 Å². The second kappa shape index (κ2) is 10.2. The minimum absolute atomic E-state index is 0.175. The molecule has 0 bridgehead atoms. The van der Waals surface area contributed by atoms with Crippen LogP contribution < -0.4 is 14.9 Å². The fraction of sp³-hybridized carbons (Fsp3) is 0.0909. The largest absolute Gasteiger partial charge is 0.493 e. The van der Waals surface area contributed by atoms with Crippen molar-refractivity contribution >= 4 is 39.7 Å². The highest BCUT2D eigenvalue weighted by Crippen LogP contribution is 2.37. The molecule has 0 radical (unpaired) electrons. The Morgan fingerprint density at radius 3 is 2.73 bits per heavy atom. The Kier molecular flexibility index (Phi) is 7.43. The van der Waals surface area contributed by atoms with Crippen LogP contribution in [-0.2, 0) is 6.61 Å². The molecular weight excluding hydrogens is 475 g/mol. The van der Waals surface area contributed by atoms with Gasteiger partial charge >= 0.3 is 0 Å². The average molecular weight is 492 g/mol. The minimum atomic E-state index is -0.517. The molecule has 154 valence electrons. The topological polar surface area (TPSA) is 59.9 Å². The van der Waals surface area contributed by atoms with Crippen molar-refractivity contribution in [2.24, 2.45) is 5.10 Å². The molecule has 0 fully saturated rings. The third kappa shape index (κ3) is 5.58. The summed E-state index contributed by atoms with van der Waals surface area (Å²) >= 11 is 9.64. The Balaban J connectivity index is 1.71. The summed E-state index contributed by atoms with van der Waals surface area (Å²) in [7, 11) is 1.52. The zero-order valence-corrected chi connectivity index (χ0v) is 18.2. The van der Waals surface area contributed by atoms with Crippen LogP contribution in [0.5, 0.6) is 11.5 Å². The van der Waals surface area contributed by atoms with E-state index in [9.17, 15) is 9.18 Å². The van der Waals surface area contributed by atoms with Crippen molar-refractivity contribution in [2.45, 2.75) is 6.61 Å². The van der Waals surface area contributed by atoms with Crippen LogP contribution in [0.3, 0.4) is 0 Å². The van der Waals surface area contributed by atoms with Crippen molar-refractivity contribution < 1.29 is 18.7 Å². The van der Waals surface area contributed by atoms with E-state index < -0.39 is 11.7 Å². The molecule has 3 aromatic carbocycles. The molecule has 0 atom stereocenters. The average Bonchev–Trinajstić information content (AvgIpc) is 2.73. The van der Waals surface area contributed by atoms with E-state index in [2.05, 4.69) is 26.5 Å². The second-order valence-electron chi connectivity index (χ2n) is 6.12. The molecule has 5 nitrogen and oxygen atoms in total. The highest BCUT2D eigenvalue weighted by molar-refractivity contribution is 9.10. The number of hydrazone groups is 1. The molecule has 0 saturated heterocycles. The summed E-state index contributed by atoms with van der Waals surface area (Å²) in [5, 5.41) is 4.53. The molecule has 0 unspecified atom stereocenters. The number of benzene rings is 3. The number of hydrogen-bond donors (Lipinski definition) is 1. The van der Waals surface area contributed by atoms with E-state index in [1.165, 1.54) is 31.5 Å². The summed E-state index contributed by atoms with van der Waals surface area (Å²) in [5.41, 5.74) is 4.04.